The SMILES string of the molecule is C[C@@H]1CN2N=C(N3CC[C@](C)(O)[C@H](F)C3)C=C(C(=O)N[C@H](C)c3cccc(C(F)F)c3F)C2=N1. The third-order valence-electron chi connectivity index (χ3n) is 6.38. The van der Waals surface area contributed by atoms with Gasteiger partial charge in [0, 0.05) is 12.1 Å². The summed E-state index contributed by atoms with van der Waals surface area (Å²) in [5, 5.41) is 18.9. The van der Waals surface area contributed by atoms with Crippen LogP contribution in [0.5, 0.6) is 0 Å². The fourth-order valence-electron chi connectivity index (χ4n) is 4.25. The minimum Gasteiger partial charge on any atom is -0.387 e. The molecule has 0 saturated carbocycles. The van der Waals surface area contributed by atoms with Crippen molar-refractivity contribution in [1.29, 1.82) is 0 Å². The van der Waals surface area contributed by atoms with Crippen LogP contribution in [0.15, 0.2) is 39.9 Å². The van der Waals surface area contributed by atoms with Crippen molar-refractivity contribution in [3.05, 3.63) is 46.8 Å². The first-order chi connectivity index (χ1) is 16.0. The number of benzene rings is 1. The number of hydrogen-bond donors (Lipinski definition) is 2. The largest absolute Gasteiger partial charge is 0.387 e. The highest BCUT2D eigenvalue weighted by Crippen LogP contribution is 2.29. The Morgan fingerprint density at radius 3 is 2.68 bits per heavy atom. The highest BCUT2D eigenvalue weighted by atomic mass is 19.3. The lowest BCUT2D eigenvalue weighted by molar-refractivity contribution is -0.117. The van der Waals surface area contributed by atoms with Gasteiger partial charge in [0.1, 0.15) is 17.8 Å². The summed E-state index contributed by atoms with van der Waals surface area (Å²) in [7, 11) is 0. The number of amidine groups is 2. The molecule has 0 radical (unpaired) electrons. The third kappa shape index (κ3) is 4.53. The molecule has 3 heterocycles. The molecule has 3 aliphatic rings. The molecule has 11 heteroatoms. The Hall–Kier alpha value is -2.95. The zero-order valence-corrected chi connectivity index (χ0v) is 19.1. The number of alkyl halides is 3. The van der Waals surface area contributed by atoms with Crippen molar-refractivity contribution < 1.29 is 27.5 Å². The fourth-order valence-corrected chi connectivity index (χ4v) is 4.25. The van der Waals surface area contributed by atoms with Gasteiger partial charge in [0.25, 0.3) is 12.3 Å². The van der Waals surface area contributed by atoms with Crippen molar-refractivity contribution in [3.8, 4) is 0 Å². The maximum absolute atomic E-state index is 14.6. The summed E-state index contributed by atoms with van der Waals surface area (Å²) in [5.74, 6) is -0.952. The highest BCUT2D eigenvalue weighted by molar-refractivity contribution is 6.25. The standard InChI is InChI=1S/C23H27F4N5O2/c1-12-10-32-21(28-12)16(9-18(30-32)31-8-7-23(3,34)17(24)11-31)22(33)29-13(2)14-5-4-6-15(19(14)25)20(26)27/h4-6,9,12-13,17,20,34H,7-8,10-11H2,1-3H3,(H,29,33)/t12-,13-,17-,23+/m1/s1. The number of carbonyl (C=O) groups is 1. The van der Waals surface area contributed by atoms with E-state index in [0.717, 1.165) is 6.07 Å². The molecule has 0 unspecified atom stereocenters. The molecule has 2 N–H and O–H groups in total. The van der Waals surface area contributed by atoms with Crippen molar-refractivity contribution >= 4 is 17.6 Å². The molecular formula is C23H27F4N5O2. The lowest BCUT2D eigenvalue weighted by Gasteiger charge is -2.40. The molecule has 0 aromatic heterocycles. The molecule has 3 aliphatic heterocycles. The van der Waals surface area contributed by atoms with Gasteiger partial charge in [-0.3, -0.25) is 9.79 Å². The second-order valence-corrected chi connectivity index (χ2v) is 9.17. The molecule has 7 nitrogen and oxygen atoms in total. The van der Waals surface area contributed by atoms with Crippen LogP contribution in [-0.2, 0) is 4.79 Å². The number of hydrogen-bond acceptors (Lipinski definition) is 6. The van der Waals surface area contributed by atoms with Crippen LogP contribution in [-0.4, -0.2) is 70.0 Å². The van der Waals surface area contributed by atoms with Crippen molar-refractivity contribution in [2.24, 2.45) is 10.1 Å². The number of aliphatic hydroxyl groups is 1. The Labute approximate surface area is 194 Å². The Morgan fingerprint density at radius 2 is 2.00 bits per heavy atom. The summed E-state index contributed by atoms with van der Waals surface area (Å²) in [4.78, 5) is 19.3. The number of amides is 1. The number of halogens is 4. The van der Waals surface area contributed by atoms with E-state index in [1.54, 1.807) is 9.91 Å². The number of fused-ring (bicyclic) bond motifs is 1. The van der Waals surface area contributed by atoms with E-state index in [4.69, 9.17) is 0 Å². The monoisotopic (exact) mass is 481 g/mol. The Morgan fingerprint density at radius 1 is 1.29 bits per heavy atom. The molecule has 1 fully saturated rings. The Bertz CT molecular complexity index is 1070. The number of rotatable bonds is 4. The van der Waals surface area contributed by atoms with Crippen LogP contribution in [0.2, 0.25) is 0 Å². The van der Waals surface area contributed by atoms with Gasteiger partial charge in [-0.15, -0.1) is 0 Å². The highest BCUT2D eigenvalue weighted by Gasteiger charge is 2.40. The van der Waals surface area contributed by atoms with Gasteiger partial charge in [-0.2, -0.15) is 5.10 Å². The van der Waals surface area contributed by atoms with E-state index in [2.05, 4.69) is 15.4 Å². The summed E-state index contributed by atoms with van der Waals surface area (Å²) in [6, 6.07) is 2.63. The molecule has 34 heavy (non-hydrogen) atoms. The van der Waals surface area contributed by atoms with Crippen LogP contribution in [0.1, 0.15) is 50.8 Å². The third-order valence-corrected chi connectivity index (χ3v) is 6.38. The van der Waals surface area contributed by atoms with E-state index >= 15 is 0 Å². The van der Waals surface area contributed by atoms with Crippen molar-refractivity contribution in [1.82, 2.24) is 15.2 Å². The van der Waals surface area contributed by atoms with Gasteiger partial charge in [-0.05, 0) is 33.3 Å². The average Bonchev–Trinajstić information content (AvgIpc) is 3.14. The zero-order valence-electron chi connectivity index (χ0n) is 19.1. The van der Waals surface area contributed by atoms with Gasteiger partial charge in [-0.1, -0.05) is 18.2 Å². The number of nitrogens with zero attached hydrogens (tertiary/aromatic N) is 4. The first-order valence-corrected chi connectivity index (χ1v) is 11.1. The van der Waals surface area contributed by atoms with Crippen LogP contribution in [0.3, 0.4) is 0 Å². The molecular weight excluding hydrogens is 454 g/mol. The van der Waals surface area contributed by atoms with Crippen LogP contribution >= 0.6 is 0 Å². The Kier molecular flexibility index (Phi) is 6.41. The van der Waals surface area contributed by atoms with E-state index in [0.29, 0.717) is 24.8 Å². The van der Waals surface area contributed by atoms with Crippen LogP contribution < -0.4 is 5.32 Å². The summed E-state index contributed by atoms with van der Waals surface area (Å²) >= 11 is 0. The van der Waals surface area contributed by atoms with Crippen molar-refractivity contribution in [2.75, 3.05) is 19.6 Å². The summed E-state index contributed by atoms with van der Waals surface area (Å²) in [6.45, 7) is 5.49. The molecule has 0 spiro atoms. The van der Waals surface area contributed by atoms with Crippen molar-refractivity contribution in [2.45, 2.75) is 57.5 Å². The normalized spacial score (nSPS) is 27.7. The van der Waals surface area contributed by atoms with Gasteiger partial charge < -0.3 is 15.3 Å². The molecule has 184 valence electrons. The number of likely N-dealkylation sites (tertiary alicyclic amines) is 1. The molecule has 4 rings (SSSR count). The summed E-state index contributed by atoms with van der Waals surface area (Å²) < 4.78 is 55.2. The lowest BCUT2D eigenvalue weighted by Crippen LogP contribution is -2.54. The quantitative estimate of drug-likeness (QED) is 0.648. The van der Waals surface area contributed by atoms with E-state index in [1.165, 1.54) is 32.1 Å². The number of aliphatic imine (C=N–C) groups is 1. The van der Waals surface area contributed by atoms with Gasteiger partial charge in [-0.25, -0.2) is 22.6 Å². The van der Waals surface area contributed by atoms with E-state index in [1.807, 2.05) is 6.92 Å². The molecule has 0 aliphatic carbocycles. The number of hydrazone groups is 1. The van der Waals surface area contributed by atoms with Crippen LogP contribution in [0.4, 0.5) is 17.6 Å². The molecule has 1 aromatic carbocycles. The van der Waals surface area contributed by atoms with Crippen molar-refractivity contribution in [3.63, 3.8) is 0 Å². The molecule has 1 saturated heterocycles. The second-order valence-electron chi connectivity index (χ2n) is 9.17. The number of carbonyl (C=O) groups excluding carboxylic acids is 1. The average molecular weight is 481 g/mol. The summed E-state index contributed by atoms with van der Waals surface area (Å²) in [5.41, 5.74) is -2.06. The number of nitrogens with one attached hydrogen (secondary N) is 1. The second kappa shape index (κ2) is 9.01. The smallest absolute Gasteiger partial charge is 0.266 e. The molecule has 1 aromatic rings. The zero-order chi connectivity index (χ0) is 24.8. The molecule has 1 amide bonds. The lowest BCUT2D eigenvalue weighted by atomic mass is 9.91. The van der Waals surface area contributed by atoms with E-state index in [9.17, 15) is 27.5 Å². The molecule has 4 atom stereocenters. The summed E-state index contributed by atoms with van der Waals surface area (Å²) in [6.07, 6.45) is -2.78. The van der Waals surface area contributed by atoms with Gasteiger partial charge in [0.15, 0.2) is 5.84 Å². The number of piperidine rings is 1. The maximum atomic E-state index is 14.6. The Balaban J connectivity index is 1.59. The van der Waals surface area contributed by atoms with Gasteiger partial charge in [0.05, 0.1) is 41.9 Å². The minimum atomic E-state index is -2.98. The maximum Gasteiger partial charge on any atom is 0.266 e. The van der Waals surface area contributed by atoms with Crippen LogP contribution in [0, 0.1) is 5.82 Å². The van der Waals surface area contributed by atoms with Gasteiger partial charge >= 0.3 is 0 Å². The first-order valence-electron chi connectivity index (χ1n) is 11.1. The molecule has 0 bridgehead atoms. The minimum absolute atomic E-state index is 0.0615. The van der Waals surface area contributed by atoms with E-state index < -0.39 is 41.5 Å². The van der Waals surface area contributed by atoms with Gasteiger partial charge in [0.2, 0.25) is 0 Å². The fraction of sp³-hybridized carbons (Fsp3) is 0.522. The predicted octanol–water partition coefficient (Wildman–Crippen LogP) is 3.09. The first kappa shape index (κ1) is 24.2. The predicted molar refractivity (Wildman–Crippen MR) is 119 cm³/mol. The topological polar surface area (TPSA) is 80.5 Å². The van der Waals surface area contributed by atoms with Crippen LogP contribution in [0.25, 0.3) is 0 Å². The van der Waals surface area contributed by atoms with E-state index in [-0.39, 0.29) is 30.1 Å².